The van der Waals surface area contributed by atoms with Gasteiger partial charge in [-0.15, -0.1) is 0 Å². The fraction of sp³-hybridized carbons (Fsp3) is 0.333. The molecular weight excluding hydrogens is 252 g/mol. The van der Waals surface area contributed by atoms with E-state index in [1.165, 1.54) is 5.56 Å². The summed E-state index contributed by atoms with van der Waals surface area (Å²) in [6.07, 6.45) is 1.58. The van der Waals surface area contributed by atoms with Crippen molar-refractivity contribution in [1.82, 2.24) is 9.97 Å². The van der Waals surface area contributed by atoms with Crippen LogP contribution in [0.5, 0.6) is 11.5 Å². The fourth-order valence-electron chi connectivity index (χ4n) is 1.97. The van der Waals surface area contributed by atoms with Crippen LogP contribution in [-0.4, -0.2) is 17.0 Å². The number of anilines is 2. The number of nitrogens with one attached hydrogen (secondary N) is 1. The first kappa shape index (κ1) is 14.1. The van der Waals surface area contributed by atoms with E-state index in [2.05, 4.69) is 42.1 Å². The first-order valence-corrected chi connectivity index (χ1v) is 6.60. The summed E-state index contributed by atoms with van der Waals surface area (Å²) >= 11 is 0. The van der Waals surface area contributed by atoms with Gasteiger partial charge in [0.05, 0.1) is 6.20 Å². The molecule has 0 saturated carbocycles. The highest BCUT2D eigenvalue weighted by Gasteiger charge is 2.12. The Labute approximate surface area is 119 Å². The van der Waals surface area contributed by atoms with Gasteiger partial charge in [-0.3, -0.25) is 0 Å². The Bertz CT molecular complexity index is 611. The van der Waals surface area contributed by atoms with Crippen molar-refractivity contribution in [1.29, 1.82) is 0 Å². The zero-order valence-electron chi connectivity index (χ0n) is 12.3. The lowest BCUT2D eigenvalue weighted by atomic mass is 10.00. The maximum atomic E-state index is 5.96. The van der Waals surface area contributed by atoms with E-state index in [0.29, 0.717) is 17.5 Å². The standard InChI is InChI=1S/C15H20N4O/c1-9(2)11-7-10(3)5-6-12(11)20-13-8-18-15(16)19-14(13)17-4/h5-9H,1-4H3,(H3,16,17,18,19). The number of rotatable bonds is 4. The molecule has 5 heteroatoms. The van der Waals surface area contributed by atoms with Crippen molar-refractivity contribution < 1.29 is 4.74 Å². The minimum absolute atomic E-state index is 0.217. The molecule has 1 heterocycles. The number of ether oxygens (including phenoxy) is 1. The second-order valence-corrected chi connectivity index (χ2v) is 4.99. The van der Waals surface area contributed by atoms with Gasteiger partial charge in [0.15, 0.2) is 11.6 Å². The van der Waals surface area contributed by atoms with Crippen LogP contribution in [0.4, 0.5) is 11.8 Å². The van der Waals surface area contributed by atoms with E-state index in [9.17, 15) is 0 Å². The molecule has 20 heavy (non-hydrogen) atoms. The molecule has 2 aromatic rings. The van der Waals surface area contributed by atoms with Crippen LogP contribution in [0.25, 0.3) is 0 Å². The normalized spacial score (nSPS) is 10.7. The van der Waals surface area contributed by atoms with Gasteiger partial charge in [-0.1, -0.05) is 31.5 Å². The summed E-state index contributed by atoms with van der Waals surface area (Å²) in [4.78, 5) is 8.09. The highest BCUT2D eigenvalue weighted by atomic mass is 16.5. The highest BCUT2D eigenvalue weighted by Crippen LogP contribution is 2.33. The molecule has 2 rings (SSSR count). The summed E-state index contributed by atoms with van der Waals surface area (Å²) in [6, 6.07) is 6.14. The van der Waals surface area contributed by atoms with Gasteiger partial charge in [0.2, 0.25) is 5.95 Å². The minimum atomic E-state index is 0.217. The van der Waals surface area contributed by atoms with Crippen molar-refractivity contribution >= 4 is 11.8 Å². The predicted molar refractivity (Wildman–Crippen MR) is 81.3 cm³/mol. The van der Waals surface area contributed by atoms with Crippen molar-refractivity contribution in [3.63, 3.8) is 0 Å². The molecule has 0 saturated heterocycles. The van der Waals surface area contributed by atoms with E-state index in [0.717, 1.165) is 11.3 Å². The van der Waals surface area contributed by atoms with Gasteiger partial charge in [0.25, 0.3) is 0 Å². The quantitative estimate of drug-likeness (QED) is 0.893. The first-order chi connectivity index (χ1) is 9.51. The maximum absolute atomic E-state index is 5.96. The molecule has 0 bridgehead atoms. The monoisotopic (exact) mass is 272 g/mol. The lowest BCUT2D eigenvalue weighted by molar-refractivity contribution is 0.470. The summed E-state index contributed by atoms with van der Waals surface area (Å²) in [7, 11) is 1.77. The van der Waals surface area contributed by atoms with Crippen molar-refractivity contribution in [3.8, 4) is 11.5 Å². The van der Waals surface area contributed by atoms with E-state index in [1.807, 2.05) is 12.1 Å². The molecule has 0 spiro atoms. The molecule has 0 aliphatic carbocycles. The Morgan fingerprint density at radius 1 is 1.25 bits per heavy atom. The van der Waals surface area contributed by atoms with Gasteiger partial charge in [0, 0.05) is 7.05 Å². The fourth-order valence-corrected chi connectivity index (χ4v) is 1.97. The average molecular weight is 272 g/mol. The van der Waals surface area contributed by atoms with Gasteiger partial charge in [-0.2, -0.15) is 4.98 Å². The molecular formula is C15H20N4O. The Morgan fingerprint density at radius 3 is 2.65 bits per heavy atom. The first-order valence-electron chi connectivity index (χ1n) is 6.60. The zero-order valence-corrected chi connectivity index (χ0v) is 12.3. The van der Waals surface area contributed by atoms with Gasteiger partial charge in [-0.05, 0) is 24.5 Å². The highest BCUT2D eigenvalue weighted by molar-refractivity contribution is 5.53. The van der Waals surface area contributed by atoms with E-state index in [-0.39, 0.29) is 5.95 Å². The number of nitrogens with zero attached hydrogens (tertiary/aromatic N) is 2. The summed E-state index contributed by atoms with van der Waals surface area (Å²) in [6.45, 7) is 6.35. The van der Waals surface area contributed by atoms with E-state index in [4.69, 9.17) is 10.5 Å². The van der Waals surface area contributed by atoms with Crippen LogP contribution in [-0.2, 0) is 0 Å². The predicted octanol–water partition coefficient (Wildman–Crippen LogP) is 3.32. The third-order valence-corrected chi connectivity index (χ3v) is 3.02. The van der Waals surface area contributed by atoms with Crippen LogP contribution in [0.15, 0.2) is 24.4 Å². The van der Waals surface area contributed by atoms with Crippen molar-refractivity contribution in [3.05, 3.63) is 35.5 Å². The second kappa shape index (κ2) is 5.77. The van der Waals surface area contributed by atoms with Crippen LogP contribution in [0, 0.1) is 6.92 Å². The molecule has 5 nitrogen and oxygen atoms in total. The molecule has 0 amide bonds. The largest absolute Gasteiger partial charge is 0.452 e. The zero-order chi connectivity index (χ0) is 14.7. The Morgan fingerprint density at radius 2 is 2.00 bits per heavy atom. The Balaban J connectivity index is 2.39. The topological polar surface area (TPSA) is 73.1 Å². The number of hydrogen-bond acceptors (Lipinski definition) is 5. The summed E-state index contributed by atoms with van der Waals surface area (Å²) in [5.41, 5.74) is 7.94. The lowest BCUT2D eigenvalue weighted by Gasteiger charge is -2.16. The number of nitrogen functional groups attached to an aromatic ring is 1. The van der Waals surface area contributed by atoms with Gasteiger partial charge >= 0.3 is 0 Å². The Hall–Kier alpha value is -2.30. The number of nitrogens with two attached hydrogens (primary N) is 1. The van der Waals surface area contributed by atoms with Crippen LogP contribution in [0.2, 0.25) is 0 Å². The number of aromatic nitrogens is 2. The molecule has 0 aliphatic rings. The minimum Gasteiger partial charge on any atom is -0.452 e. The lowest BCUT2D eigenvalue weighted by Crippen LogP contribution is -2.03. The smallest absolute Gasteiger partial charge is 0.222 e. The average Bonchev–Trinajstić information content (AvgIpc) is 2.42. The van der Waals surface area contributed by atoms with Crippen molar-refractivity contribution in [2.45, 2.75) is 26.7 Å². The molecule has 0 aliphatic heterocycles. The Kier molecular flexibility index (Phi) is 4.08. The van der Waals surface area contributed by atoms with Gasteiger partial charge in [-0.25, -0.2) is 4.98 Å². The summed E-state index contributed by atoms with van der Waals surface area (Å²) < 4.78 is 5.96. The molecule has 0 unspecified atom stereocenters. The summed E-state index contributed by atoms with van der Waals surface area (Å²) in [5, 5.41) is 2.96. The molecule has 0 fully saturated rings. The third-order valence-electron chi connectivity index (χ3n) is 3.02. The van der Waals surface area contributed by atoms with Crippen molar-refractivity contribution in [2.75, 3.05) is 18.1 Å². The second-order valence-electron chi connectivity index (χ2n) is 4.99. The molecule has 3 N–H and O–H groups in total. The third kappa shape index (κ3) is 2.99. The van der Waals surface area contributed by atoms with E-state index < -0.39 is 0 Å². The molecule has 0 radical (unpaired) electrons. The molecule has 1 aromatic heterocycles. The maximum Gasteiger partial charge on any atom is 0.222 e. The van der Waals surface area contributed by atoms with Gasteiger partial charge in [0.1, 0.15) is 5.75 Å². The van der Waals surface area contributed by atoms with Gasteiger partial charge < -0.3 is 15.8 Å². The van der Waals surface area contributed by atoms with Crippen molar-refractivity contribution in [2.24, 2.45) is 0 Å². The van der Waals surface area contributed by atoms with Crippen LogP contribution in [0.1, 0.15) is 30.9 Å². The SMILES string of the molecule is CNc1nc(N)ncc1Oc1ccc(C)cc1C(C)C. The van der Waals surface area contributed by atoms with E-state index in [1.54, 1.807) is 13.2 Å². The number of benzene rings is 1. The number of hydrogen-bond donors (Lipinski definition) is 2. The molecule has 106 valence electrons. The molecule has 0 atom stereocenters. The number of aryl methyl sites for hydroxylation is 1. The van der Waals surface area contributed by atoms with E-state index >= 15 is 0 Å². The van der Waals surface area contributed by atoms with Crippen LogP contribution >= 0.6 is 0 Å². The molecule has 1 aromatic carbocycles. The summed E-state index contributed by atoms with van der Waals surface area (Å²) in [5.74, 6) is 2.54. The van der Waals surface area contributed by atoms with Crippen LogP contribution < -0.4 is 15.8 Å². The van der Waals surface area contributed by atoms with Crippen LogP contribution in [0.3, 0.4) is 0 Å².